The summed E-state index contributed by atoms with van der Waals surface area (Å²) in [6.07, 6.45) is -0.799. The van der Waals surface area contributed by atoms with Crippen molar-refractivity contribution in [1.29, 1.82) is 0 Å². The molecule has 5 heteroatoms. The molecule has 116 valence electrons. The van der Waals surface area contributed by atoms with Crippen LogP contribution in [0.15, 0.2) is 54.6 Å². The Balaban J connectivity index is 1.92. The van der Waals surface area contributed by atoms with Gasteiger partial charge in [-0.1, -0.05) is 30.3 Å². The summed E-state index contributed by atoms with van der Waals surface area (Å²) in [5, 5.41) is 15.7. The lowest BCUT2D eigenvalue weighted by Gasteiger charge is -2.21. The minimum Gasteiger partial charge on any atom is -0.497 e. The molecule has 2 aromatic rings. The maximum absolute atomic E-state index is 11.9. The fourth-order valence-electron chi connectivity index (χ4n) is 2.06. The molecule has 3 N–H and O–H groups in total. The zero-order valence-electron chi connectivity index (χ0n) is 12.6. The van der Waals surface area contributed by atoms with E-state index in [4.69, 9.17) is 4.74 Å². The van der Waals surface area contributed by atoms with Crippen molar-refractivity contribution in [3.05, 3.63) is 60.2 Å². The van der Waals surface area contributed by atoms with Crippen molar-refractivity contribution in [1.82, 2.24) is 5.32 Å². The molecule has 0 aliphatic heterocycles. The van der Waals surface area contributed by atoms with E-state index in [9.17, 15) is 9.90 Å². The van der Waals surface area contributed by atoms with E-state index in [0.29, 0.717) is 11.3 Å². The predicted molar refractivity (Wildman–Crippen MR) is 86.0 cm³/mol. The van der Waals surface area contributed by atoms with Gasteiger partial charge < -0.3 is 20.5 Å². The first kappa shape index (κ1) is 15.9. The van der Waals surface area contributed by atoms with Crippen molar-refractivity contribution in [3.63, 3.8) is 0 Å². The molecule has 0 radical (unpaired) electrons. The van der Waals surface area contributed by atoms with E-state index in [1.54, 1.807) is 50.4 Å². The van der Waals surface area contributed by atoms with Crippen molar-refractivity contribution in [2.75, 3.05) is 12.4 Å². The zero-order chi connectivity index (χ0) is 15.9. The van der Waals surface area contributed by atoms with Gasteiger partial charge in [0.2, 0.25) is 0 Å². The van der Waals surface area contributed by atoms with Gasteiger partial charge >= 0.3 is 6.03 Å². The molecule has 0 bridgehead atoms. The number of urea groups is 1. The van der Waals surface area contributed by atoms with Crippen LogP contribution in [0, 0.1) is 0 Å². The Kier molecular flexibility index (Phi) is 5.38. The highest BCUT2D eigenvalue weighted by Crippen LogP contribution is 2.20. The van der Waals surface area contributed by atoms with E-state index in [1.807, 2.05) is 18.2 Å². The standard InChI is InChI=1S/C17H20N2O3/c1-12(16(20)13-8-10-15(22-2)11-9-13)18-17(21)19-14-6-4-3-5-7-14/h3-12,16,20H,1-2H3,(H2,18,19,21). The summed E-state index contributed by atoms with van der Waals surface area (Å²) in [5.74, 6) is 0.721. The van der Waals surface area contributed by atoms with Crippen LogP contribution >= 0.6 is 0 Å². The number of carbonyl (C=O) groups excluding carboxylic acids is 1. The Morgan fingerprint density at radius 3 is 2.32 bits per heavy atom. The largest absolute Gasteiger partial charge is 0.497 e. The highest BCUT2D eigenvalue weighted by atomic mass is 16.5. The normalized spacial score (nSPS) is 13.0. The van der Waals surface area contributed by atoms with Crippen LogP contribution in [0.3, 0.4) is 0 Å². The highest BCUT2D eigenvalue weighted by Gasteiger charge is 2.18. The van der Waals surface area contributed by atoms with Gasteiger partial charge in [0, 0.05) is 5.69 Å². The number of aliphatic hydroxyl groups excluding tert-OH is 1. The first-order valence-electron chi connectivity index (χ1n) is 7.04. The van der Waals surface area contributed by atoms with Gasteiger partial charge in [-0.05, 0) is 36.8 Å². The van der Waals surface area contributed by atoms with Crippen LogP contribution in [0.1, 0.15) is 18.6 Å². The van der Waals surface area contributed by atoms with Crippen molar-refractivity contribution >= 4 is 11.7 Å². The van der Waals surface area contributed by atoms with Gasteiger partial charge in [-0.3, -0.25) is 0 Å². The third kappa shape index (κ3) is 4.23. The maximum Gasteiger partial charge on any atom is 0.319 e. The van der Waals surface area contributed by atoms with E-state index < -0.39 is 12.1 Å². The lowest BCUT2D eigenvalue weighted by molar-refractivity contribution is 0.139. The Morgan fingerprint density at radius 1 is 1.09 bits per heavy atom. The molecule has 2 unspecified atom stereocenters. The summed E-state index contributed by atoms with van der Waals surface area (Å²) in [6, 6.07) is 15.4. The smallest absolute Gasteiger partial charge is 0.319 e. The third-order valence-corrected chi connectivity index (χ3v) is 3.32. The Bertz CT molecular complexity index is 599. The third-order valence-electron chi connectivity index (χ3n) is 3.32. The van der Waals surface area contributed by atoms with Crippen LogP contribution in [0.4, 0.5) is 10.5 Å². The van der Waals surface area contributed by atoms with E-state index in [1.165, 1.54) is 0 Å². The molecule has 2 rings (SSSR count). The van der Waals surface area contributed by atoms with Crippen LogP contribution in [0.2, 0.25) is 0 Å². The number of benzene rings is 2. The Hall–Kier alpha value is -2.53. The number of methoxy groups -OCH3 is 1. The van der Waals surface area contributed by atoms with Crippen LogP contribution < -0.4 is 15.4 Å². The van der Waals surface area contributed by atoms with Gasteiger partial charge in [0.15, 0.2) is 0 Å². The second-order valence-electron chi connectivity index (χ2n) is 4.97. The van der Waals surface area contributed by atoms with Gasteiger partial charge in [0.05, 0.1) is 19.3 Å². The molecule has 2 amide bonds. The number of para-hydroxylation sites is 1. The SMILES string of the molecule is COc1ccc(C(O)C(C)NC(=O)Nc2ccccc2)cc1. The number of ether oxygens (including phenoxy) is 1. The first-order valence-corrected chi connectivity index (χ1v) is 7.04. The molecule has 0 aliphatic carbocycles. The van der Waals surface area contributed by atoms with E-state index in [-0.39, 0.29) is 6.03 Å². The molecule has 0 heterocycles. The van der Waals surface area contributed by atoms with Crippen molar-refractivity contribution in [2.45, 2.75) is 19.1 Å². The van der Waals surface area contributed by atoms with Gasteiger partial charge in [-0.15, -0.1) is 0 Å². The highest BCUT2D eigenvalue weighted by molar-refractivity contribution is 5.89. The van der Waals surface area contributed by atoms with E-state index >= 15 is 0 Å². The first-order chi connectivity index (χ1) is 10.6. The average molecular weight is 300 g/mol. The molecule has 0 saturated carbocycles. The maximum atomic E-state index is 11.9. The van der Waals surface area contributed by atoms with Gasteiger partial charge in [-0.25, -0.2) is 4.79 Å². The summed E-state index contributed by atoms with van der Waals surface area (Å²) in [4.78, 5) is 11.9. The summed E-state index contributed by atoms with van der Waals surface area (Å²) in [5.41, 5.74) is 1.42. The molecule has 0 fully saturated rings. The lowest BCUT2D eigenvalue weighted by Crippen LogP contribution is -2.39. The second kappa shape index (κ2) is 7.47. The molecule has 0 aliphatic rings. The van der Waals surface area contributed by atoms with Crippen molar-refractivity contribution in [3.8, 4) is 5.75 Å². The van der Waals surface area contributed by atoms with Crippen molar-refractivity contribution in [2.24, 2.45) is 0 Å². The lowest BCUT2D eigenvalue weighted by atomic mass is 10.0. The number of nitrogens with one attached hydrogen (secondary N) is 2. The molecule has 2 aromatic carbocycles. The molecule has 5 nitrogen and oxygen atoms in total. The van der Waals surface area contributed by atoms with Gasteiger partial charge in [-0.2, -0.15) is 0 Å². The van der Waals surface area contributed by atoms with Crippen LogP contribution in [-0.4, -0.2) is 24.3 Å². The number of aliphatic hydroxyl groups is 1. The molecule has 2 atom stereocenters. The molecule has 0 spiro atoms. The van der Waals surface area contributed by atoms with E-state index in [0.717, 1.165) is 5.75 Å². The predicted octanol–water partition coefficient (Wildman–Crippen LogP) is 2.94. The van der Waals surface area contributed by atoms with Crippen LogP contribution in [0.25, 0.3) is 0 Å². The topological polar surface area (TPSA) is 70.6 Å². The zero-order valence-corrected chi connectivity index (χ0v) is 12.6. The minimum absolute atomic E-state index is 0.355. The Labute approximate surface area is 129 Å². The van der Waals surface area contributed by atoms with Crippen LogP contribution in [0.5, 0.6) is 5.75 Å². The van der Waals surface area contributed by atoms with E-state index in [2.05, 4.69) is 10.6 Å². The van der Waals surface area contributed by atoms with Gasteiger partial charge in [0.1, 0.15) is 5.75 Å². The number of rotatable bonds is 5. The fraction of sp³-hybridized carbons (Fsp3) is 0.235. The molecular weight excluding hydrogens is 280 g/mol. The average Bonchev–Trinajstić information content (AvgIpc) is 2.55. The summed E-state index contributed by atoms with van der Waals surface area (Å²) in [6.45, 7) is 1.75. The molecule has 0 saturated heterocycles. The summed E-state index contributed by atoms with van der Waals surface area (Å²) >= 11 is 0. The van der Waals surface area contributed by atoms with Crippen LogP contribution in [-0.2, 0) is 0 Å². The number of amides is 2. The molecule has 22 heavy (non-hydrogen) atoms. The second-order valence-corrected chi connectivity index (χ2v) is 4.97. The summed E-state index contributed by atoms with van der Waals surface area (Å²) in [7, 11) is 1.59. The van der Waals surface area contributed by atoms with Gasteiger partial charge in [0.25, 0.3) is 0 Å². The number of carbonyl (C=O) groups is 1. The molecule has 0 aromatic heterocycles. The molecular formula is C17H20N2O3. The minimum atomic E-state index is -0.799. The quantitative estimate of drug-likeness (QED) is 0.795. The number of hydrogen-bond donors (Lipinski definition) is 3. The summed E-state index contributed by atoms with van der Waals surface area (Å²) < 4.78 is 5.08. The monoisotopic (exact) mass is 300 g/mol. The Morgan fingerprint density at radius 2 is 1.73 bits per heavy atom. The number of hydrogen-bond acceptors (Lipinski definition) is 3. The fourth-order valence-corrected chi connectivity index (χ4v) is 2.06. The number of anilines is 1. The van der Waals surface area contributed by atoms with Crippen molar-refractivity contribution < 1.29 is 14.6 Å².